The van der Waals surface area contributed by atoms with E-state index in [0.717, 1.165) is 25.5 Å². The Morgan fingerprint density at radius 2 is 1.94 bits per heavy atom. The first kappa shape index (κ1) is 22.5. The van der Waals surface area contributed by atoms with Crippen molar-refractivity contribution in [3.8, 4) is 17.0 Å². The summed E-state index contributed by atoms with van der Waals surface area (Å²) in [5, 5.41) is 4.72. The number of aromatic nitrogens is 3. The minimum atomic E-state index is -4.84. The molecule has 10 heteroatoms. The Kier molecular flexibility index (Phi) is 5.55. The quantitative estimate of drug-likeness (QED) is 0.664. The van der Waals surface area contributed by atoms with Crippen LogP contribution in [0.4, 0.5) is 19.0 Å². The molecule has 1 saturated heterocycles. The summed E-state index contributed by atoms with van der Waals surface area (Å²) in [6.45, 7) is 6.97. The second kappa shape index (κ2) is 8.16. The van der Waals surface area contributed by atoms with Crippen LogP contribution in [-0.2, 0) is 4.74 Å². The summed E-state index contributed by atoms with van der Waals surface area (Å²) in [5.41, 5.74) is 7.78. The first-order valence-electron chi connectivity index (χ1n) is 11.5. The molecule has 2 saturated carbocycles. The number of pyridine rings is 1. The van der Waals surface area contributed by atoms with Crippen LogP contribution in [0.3, 0.4) is 0 Å². The van der Waals surface area contributed by atoms with Crippen LogP contribution < -0.4 is 10.5 Å². The maximum absolute atomic E-state index is 12.7. The Morgan fingerprint density at radius 3 is 2.52 bits per heavy atom. The monoisotopic (exact) mass is 465 g/mol. The van der Waals surface area contributed by atoms with Crippen molar-refractivity contribution in [3.05, 3.63) is 24.0 Å². The fourth-order valence-electron chi connectivity index (χ4n) is 5.57. The van der Waals surface area contributed by atoms with Gasteiger partial charge in [0, 0.05) is 47.9 Å². The molecular formula is C23H30F3N5O2. The van der Waals surface area contributed by atoms with Crippen molar-refractivity contribution in [3.63, 3.8) is 0 Å². The normalized spacial score (nSPS) is 27.2. The minimum absolute atomic E-state index is 0.139. The van der Waals surface area contributed by atoms with Crippen molar-refractivity contribution in [1.29, 1.82) is 0 Å². The van der Waals surface area contributed by atoms with Crippen LogP contribution in [0.25, 0.3) is 11.3 Å². The van der Waals surface area contributed by atoms with Crippen molar-refractivity contribution in [2.75, 3.05) is 32.5 Å². The summed E-state index contributed by atoms with van der Waals surface area (Å²) in [5.74, 6) is 1.55. The minimum Gasteiger partial charge on any atom is -0.402 e. The summed E-state index contributed by atoms with van der Waals surface area (Å²) in [7, 11) is 2.22. The standard InChI is InChI=1S/C23H30F3N5O2/c1-12(2)31-19(21-16-5-15(6-17(16)21)30(3)9-13-10-32-11-13)7-18(29-31)14-4-20(22(27)28-8-14)33-23(24,25)26/h4,7-8,12-13,15-17,21H,5-6,9-11H2,1-3H3,(H2,27,28)/t15-,16+,17-,21-. The van der Waals surface area contributed by atoms with Crippen LogP contribution in [0, 0.1) is 17.8 Å². The molecular weight excluding hydrogens is 435 g/mol. The number of rotatable bonds is 7. The van der Waals surface area contributed by atoms with E-state index in [0.29, 0.717) is 41.0 Å². The van der Waals surface area contributed by atoms with Gasteiger partial charge in [-0.25, -0.2) is 4.98 Å². The van der Waals surface area contributed by atoms with Crippen LogP contribution in [-0.4, -0.2) is 58.9 Å². The summed E-state index contributed by atoms with van der Waals surface area (Å²) in [6, 6.07) is 4.00. The predicted octanol–water partition coefficient (Wildman–Crippen LogP) is 4.08. The number of fused-ring (bicyclic) bond motifs is 1. The molecule has 2 N–H and O–H groups in total. The smallest absolute Gasteiger partial charge is 0.402 e. The summed E-state index contributed by atoms with van der Waals surface area (Å²) >= 11 is 0. The maximum Gasteiger partial charge on any atom is 0.573 e. The molecule has 1 aliphatic heterocycles. The number of nitrogen functional groups attached to an aromatic ring is 1. The molecule has 0 spiro atoms. The van der Waals surface area contributed by atoms with E-state index in [2.05, 4.69) is 35.5 Å². The first-order chi connectivity index (χ1) is 15.6. The lowest BCUT2D eigenvalue weighted by Crippen LogP contribution is -2.42. The van der Waals surface area contributed by atoms with E-state index in [1.807, 2.05) is 10.7 Å². The van der Waals surface area contributed by atoms with Gasteiger partial charge >= 0.3 is 6.36 Å². The van der Waals surface area contributed by atoms with Crippen LogP contribution >= 0.6 is 0 Å². The van der Waals surface area contributed by atoms with Crippen LogP contribution in [0.15, 0.2) is 18.3 Å². The number of hydrogen-bond acceptors (Lipinski definition) is 6. The summed E-state index contributed by atoms with van der Waals surface area (Å²) < 4.78 is 49.5. The molecule has 3 aliphatic rings. The zero-order valence-corrected chi connectivity index (χ0v) is 19.0. The predicted molar refractivity (Wildman–Crippen MR) is 117 cm³/mol. The third-order valence-corrected chi connectivity index (χ3v) is 7.30. The van der Waals surface area contributed by atoms with Gasteiger partial charge < -0.3 is 20.1 Å². The topological polar surface area (TPSA) is 78.4 Å². The molecule has 2 aliphatic carbocycles. The van der Waals surface area contributed by atoms with E-state index < -0.39 is 12.1 Å². The number of nitrogens with two attached hydrogens (primary N) is 1. The van der Waals surface area contributed by atoms with Gasteiger partial charge in [-0.15, -0.1) is 13.2 Å². The van der Waals surface area contributed by atoms with Gasteiger partial charge in [0.15, 0.2) is 11.6 Å². The zero-order chi connectivity index (χ0) is 23.5. The molecule has 5 rings (SSSR count). The molecule has 2 aromatic heterocycles. The highest BCUT2D eigenvalue weighted by Gasteiger charge is 2.58. The zero-order valence-electron chi connectivity index (χ0n) is 19.0. The van der Waals surface area contributed by atoms with Gasteiger partial charge in [-0.3, -0.25) is 4.68 Å². The molecule has 0 unspecified atom stereocenters. The van der Waals surface area contributed by atoms with Gasteiger partial charge in [0.05, 0.1) is 18.9 Å². The number of hydrogen-bond donors (Lipinski definition) is 1. The van der Waals surface area contributed by atoms with Crippen molar-refractivity contribution >= 4 is 5.82 Å². The van der Waals surface area contributed by atoms with Gasteiger partial charge in [0.2, 0.25) is 0 Å². The lowest BCUT2D eigenvalue weighted by atomic mass is 10.0. The lowest BCUT2D eigenvalue weighted by Gasteiger charge is -2.34. The number of anilines is 1. The Morgan fingerprint density at radius 1 is 1.24 bits per heavy atom. The van der Waals surface area contributed by atoms with E-state index in [-0.39, 0.29) is 11.9 Å². The average Bonchev–Trinajstić information content (AvgIpc) is 3.07. The van der Waals surface area contributed by atoms with Gasteiger partial charge in [-0.2, -0.15) is 5.10 Å². The maximum atomic E-state index is 12.7. The SMILES string of the molecule is CC(C)n1nc(-c2cnc(N)c(OC(F)(F)F)c2)cc1[C@H]1[C@@H]2C[C@H](N(C)CC3COC3)C[C@@H]21. The van der Waals surface area contributed by atoms with Crippen molar-refractivity contribution in [2.45, 2.75) is 51.1 Å². The molecule has 4 atom stereocenters. The number of nitrogens with zero attached hydrogens (tertiary/aromatic N) is 4. The van der Waals surface area contributed by atoms with Crippen molar-refractivity contribution < 1.29 is 22.6 Å². The molecule has 0 bridgehead atoms. The highest BCUT2D eigenvalue weighted by atomic mass is 19.4. The van der Waals surface area contributed by atoms with Gasteiger partial charge in [-0.1, -0.05) is 0 Å². The van der Waals surface area contributed by atoms with E-state index in [1.165, 1.54) is 25.1 Å². The molecule has 3 heterocycles. The summed E-state index contributed by atoms with van der Waals surface area (Å²) in [4.78, 5) is 6.38. The molecule has 0 radical (unpaired) electrons. The van der Waals surface area contributed by atoms with Crippen LogP contribution in [0.5, 0.6) is 5.75 Å². The molecule has 0 amide bonds. The van der Waals surface area contributed by atoms with Crippen molar-refractivity contribution in [1.82, 2.24) is 19.7 Å². The Hall–Kier alpha value is -2.33. The van der Waals surface area contributed by atoms with E-state index in [1.54, 1.807) is 0 Å². The third kappa shape index (κ3) is 4.42. The second-order valence-electron chi connectivity index (χ2n) is 9.97. The molecule has 33 heavy (non-hydrogen) atoms. The first-order valence-corrected chi connectivity index (χ1v) is 11.5. The fourth-order valence-corrected chi connectivity index (χ4v) is 5.57. The van der Waals surface area contributed by atoms with Gasteiger partial charge in [-0.05, 0) is 57.7 Å². The molecule has 3 fully saturated rings. The van der Waals surface area contributed by atoms with E-state index >= 15 is 0 Å². The van der Waals surface area contributed by atoms with E-state index in [9.17, 15) is 13.2 Å². The Labute approximate surface area is 191 Å². The third-order valence-electron chi connectivity index (χ3n) is 7.30. The largest absolute Gasteiger partial charge is 0.573 e. The van der Waals surface area contributed by atoms with Crippen molar-refractivity contribution in [2.24, 2.45) is 17.8 Å². The second-order valence-corrected chi connectivity index (χ2v) is 9.97. The molecule has 0 aromatic carbocycles. The Balaban J connectivity index is 1.33. The highest BCUT2D eigenvalue weighted by Crippen LogP contribution is 2.64. The van der Waals surface area contributed by atoms with Crippen LogP contribution in [0.1, 0.15) is 44.3 Å². The number of halogens is 3. The van der Waals surface area contributed by atoms with Crippen LogP contribution in [0.2, 0.25) is 0 Å². The van der Waals surface area contributed by atoms with Gasteiger partial charge in [0.1, 0.15) is 0 Å². The molecule has 180 valence electrons. The summed E-state index contributed by atoms with van der Waals surface area (Å²) in [6.07, 6.45) is -1.05. The highest BCUT2D eigenvalue weighted by molar-refractivity contribution is 5.64. The van der Waals surface area contributed by atoms with E-state index in [4.69, 9.17) is 15.6 Å². The number of alkyl halides is 3. The number of ether oxygens (including phenoxy) is 2. The fraction of sp³-hybridized carbons (Fsp3) is 0.652. The lowest BCUT2D eigenvalue weighted by molar-refractivity contribution is -0.274. The Bertz CT molecular complexity index is 1010. The molecule has 2 aromatic rings. The average molecular weight is 466 g/mol. The van der Waals surface area contributed by atoms with Gasteiger partial charge in [0.25, 0.3) is 0 Å². The molecule has 7 nitrogen and oxygen atoms in total.